The van der Waals surface area contributed by atoms with E-state index in [0.29, 0.717) is 12.3 Å². The highest BCUT2D eigenvalue weighted by molar-refractivity contribution is 7.09. The molecule has 0 spiro atoms. The zero-order valence-electron chi connectivity index (χ0n) is 9.36. The standard InChI is InChI=1S/C11H16N2O2S/c1-3-6-12-7-5-10-13-9(8-16-10)11(14)15-4-2/h3,8,12H,1,4-7H2,2H3. The average molecular weight is 240 g/mol. The lowest BCUT2D eigenvalue weighted by Gasteiger charge is -1.98. The van der Waals surface area contributed by atoms with E-state index in [0.717, 1.165) is 24.5 Å². The Bertz CT molecular complexity index is 350. The molecule has 4 nitrogen and oxygen atoms in total. The van der Waals surface area contributed by atoms with Crippen molar-refractivity contribution in [3.05, 3.63) is 28.7 Å². The first-order valence-electron chi connectivity index (χ1n) is 5.21. The molecule has 16 heavy (non-hydrogen) atoms. The largest absolute Gasteiger partial charge is 0.461 e. The van der Waals surface area contributed by atoms with E-state index in [9.17, 15) is 4.79 Å². The van der Waals surface area contributed by atoms with Crippen LogP contribution in [0.1, 0.15) is 22.4 Å². The molecular formula is C11H16N2O2S. The van der Waals surface area contributed by atoms with Gasteiger partial charge in [0.05, 0.1) is 11.6 Å². The van der Waals surface area contributed by atoms with Crippen molar-refractivity contribution in [2.75, 3.05) is 19.7 Å². The zero-order valence-corrected chi connectivity index (χ0v) is 10.2. The van der Waals surface area contributed by atoms with Gasteiger partial charge in [0, 0.05) is 24.9 Å². The minimum Gasteiger partial charge on any atom is -0.461 e. The van der Waals surface area contributed by atoms with Crippen molar-refractivity contribution in [3.63, 3.8) is 0 Å². The Balaban J connectivity index is 2.39. The normalized spacial score (nSPS) is 10.1. The second-order valence-electron chi connectivity index (χ2n) is 3.09. The molecule has 0 radical (unpaired) electrons. The number of carbonyl (C=O) groups is 1. The van der Waals surface area contributed by atoms with Gasteiger partial charge in [0.2, 0.25) is 0 Å². The topological polar surface area (TPSA) is 51.2 Å². The van der Waals surface area contributed by atoms with Crippen molar-refractivity contribution in [1.82, 2.24) is 10.3 Å². The lowest BCUT2D eigenvalue weighted by Crippen LogP contribution is -2.16. The Morgan fingerprint density at radius 1 is 1.75 bits per heavy atom. The number of nitrogens with one attached hydrogen (secondary N) is 1. The first-order chi connectivity index (χ1) is 7.77. The Morgan fingerprint density at radius 2 is 2.56 bits per heavy atom. The number of nitrogens with zero attached hydrogens (tertiary/aromatic N) is 1. The predicted molar refractivity (Wildman–Crippen MR) is 64.8 cm³/mol. The summed E-state index contributed by atoms with van der Waals surface area (Å²) in [6.07, 6.45) is 2.63. The number of hydrogen-bond acceptors (Lipinski definition) is 5. The molecule has 5 heteroatoms. The van der Waals surface area contributed by atoms with E-state index in [-0.39, 0.29) is 5.97 Å². The summed E-state index contributed by atoms with van der Waals surface area (Å²) in [5.74, 6) is -0.343. The van der Waals surface area contributed by atoms with Crippen molar-refractivity contribution in [1.29, 1.82) is 0 Å². The third kappa shape index (κ3) is 4.12. The van der Waals surface area contributed by atoms with Crippen LogP contribution < -0.4 is 5.32 Å². The maximum atomic E-state index is 11.3. The van der Waals surface area contributed by atoms with Crippen molar-refractivity contribution < 1.29 is 9.53 Å². The van der Waals surface area contributed by atoms with E-state index in [4.69, 9.17) is 4.74 Å². The number of esters is 1. The fourth-order valence-corrected chi connectivity index (χ4v) is 1.89. The van der Waals surface area contributed by atoms with E-state index in [1.807, 2.05) is 6.08 Å². The monoisotopic (exact) mass is 240 g/mol. The fourth-order valence-electron chi connectivity index (χ4n) is 1.12. The molecule has 0 saturated carbocycles. The van der Waals surface area contributed by atoms with Gasteiger partial charge in [0.15, 0.2) is 5.69 Å². The molecule has 0 unspecified atom stereocenters. The minimum absolute atomic E-state index is 0.343. The molecule has 0 aliphatic heterocycles. The third-order valence-corrected chi connectivity index (χ3v) is 2.75. The number of rotatable bonds is 7. The van der Waals surface area contributed by atoms with Crippen molar-refractivity contribution in [3.8, 4) is 0 Å². The molecule has 88 valence electrons. The maximum Gasteiger partial charge on any atom is 0.357 e. The summed E-state index contributed by atoms with van der Waals surface area (Å²) < 4.78 is 4.86. The zero-order chi connectivity index (χ0) is 11.8. The van der Waals surface area contributed by atoms with Crippen LogP contribution in [0.4, 0.5) is 0 Å². The smallest absolute Gasteiger partial charge is 0.357 e. The van der Waals surface area contributed by atoms with Gasteiger partial charge in [-0.05, 0) is 6.92 Å². The quantitative estimate of drug-likeness (QED) is 0.447. The molecular weight excluding hydrogens is 224 g/mol. The van der Waals surface area contributed by atoms with Crippen LogP contribution in [0.2, 0.25) is 0 Å². The summed E-state index contributed by atoms with van der Waals surface area (Å²) in [6, 6.07) is 0. The maximum absolute atomic E-state index is 11.3. The van der Waals surface area contributed by atoms with Crippen molar-refractivity contribution in [2.45, 2.75) is 13.3 Å². The van der Waals surface area contributed by atoms with Crippen LogP contribution in [0.3, 0.4) is 0 Å². The van der Waals surface area contributed by atoms with Gasteiger partial charge in [-0.3, -0.25) is 0 Å². The SMILES string of the molecule is C=CCNCCc1nc(C(=O)OCC)cs1. The lowest BCUT2D eigenvalue weighted by atomic mass is 10.4. The van der Waals surface area contributed by atoms with Gasteiger partial charge in [-0.2, -0.15) is 0 Å². The molecule has 1 rings (SSSR count). The summed E-state index contributed by atoms with van der Waals surface area (Å²) in [7, 11) is 0. The number of thiazole rings is 1. The van der Waals surface area contributed by atoms with Crippen molar-refractivity contribution in [2.24, 2.45) is 0 Å². The molecule has 0 aliphatic rings. The lowest BCUT2D eigenvalue weighted by molar-refractivity contribution is 0.0520. The summed E-state index contributed by atoms with van der Waals surface area (Å²) in [5, 5.41) is 5.86. The molecule has 1 N–H and O–H groups in total. The number of carbonyl (C=O) groups excluding carboxylic acids is 1. The summed E-state index contributed by atoms with van der Waals surface area (Å²) in [4.78, 5) is 15.5. The minimum atomic E-state index is -0.343. The molecule has 0 amide bonds. The van der Waals surface area contributed by atoms with Crippen LogP contribution in [0, 0.1) is 0 Å². The average Bonchev–Trinajstić information content (AvgIpc) is 2.73. The molecule has 0 aromatic carbocycles. The third-order valence-electron chi connectivity index (χ3n) is 1.84. The van der Waals surface area contributed by atoms with Gasteiger partial charge >= 0.3 is 5.97 Å². The van der Waals surface area contributed by atoms with E-state index >= 15 is 0 Å². The first-order valence-corrected chi connectivity index (χ1v) is 6.09. The first kappa shape index (κ1) is 12.9. The Kier molecular flexibility index (Phi) is 5.74. The van der Waals surface area contributed by atoms with Gasteiger partial charge in [-0.25, -0.2) is 9.78 Å². The molecule has 0 bridgehead atoms. The van der Waals surface area contributed by atoms with Crippen molar-refractivity contribution >= 4 is 17.3 Å². The van der Waals surface area contributed by atoms with Crippen LogP contribution in [-0.4, -0.2) is 30.6 Å². The van der Waals surface area contributed by atoms with Crippen LogP contribution in [0.5, 0.6) is 0 Å². The molecule has 1 aromatic rings. The highest BCUT2D eigenvalue weighted by Crippen LogP contribution is 2.11. The second-order valence-corrected chi connectivity index (χ2v) is 4.03. The molecule has 0 aliphatic carbocycles. The van der Waals surface area contributed by atoms with Gasteiger partial charge in [0.25, 0.3) is 0 Å². The van der Waals surface area contributed by atoms with E-state index < -0.39 is 0 Å². The summed E-state index contributed by atoms with van der Waals surface area (Å²) in [6.45, 7) is 7.40. The van der Waals surface area contributed by atoms with E-state index in [1.54, 1.807) is 12.3 Å². The molecule has 0 saturated heterocycles. The van der Waals surface area contributed by atoms with E-state index in [1.165, 1.54) is 11.3 Å². The molecule has 1 heterocycles. The van der Waals surface area contributed by atoms with Gasteiger partial charge in [0.1, 0.15) is 0 Å². The molecule has 0 atom stereocenters. The molecule has 0 fully saturated rings. The van der Waals surface area contributed by atoms with Crippen LogP contribution in [0.25, 0.3) is 0 Å². The number of hydrogen-bond donors (Lipinski definition) is 1. The van der Waals surface area contributed by atoms with Crippen LogP contribution >= 0.6 is 11.3 Å². The Labute approximate surface area is 99.3 Å². The second kappa shape index (κ2) is 7.14. The highest BCUT2D eigenvalue weighted by Gasteiger charge is 2.10. The highest BCUT2D eigenvalue weighted by atomic mass is 32.1. The van der Waals surface area contributed by atoms with Crippen LogP contribution in [0.15, 0.2) is 18.0 Å². The van der Waals surface area contributed by atoms with Crippen LogP contribution in [-0.2, 0) is 11.2 Å². The Hall–Kier alpha value is -1.20. The van der Waals surface area contributed by atoms with Gasteiger partial charge in [-0.1, -0.05) is 6.08 Å². The van der Waals surface area contributed by atoms with Gasteiger partial charge in [-0.15, -0.1) is 17.9 Å². The Morgan fingerprint density at radius 3 is 3.25 bits per heavy atom. The summed E-state index contributed by atoms with van der Waals surface area (Å²) >= 11 is 1.48. The fraction of sp³-hybridized carbons (Fsp3) is 0.455. The summed E-state index contributed by atoms with van der Waals surface area (Å²) in [5.41, 5.74) is 0.408. The van der Waals surface area contributed by atoms with Gasteiger partial charge < -0.3 is 10.1 Å². The van der Waals surface area contributed by atoms with E-state index in [2.05, 4.69) is 16.9 Å². The molecule has 1 aromatic heterocycles. The number of aromatic nitrogens is 1. The number of ether oxygens (including phenoxy) is 1. The predicted octanol–water partition coefficient (Wildman–Crippen LogP) is 1.64.